The minimum absolute atomic E-state index is 0.594. The number of hydrogen-bond donors (Lipinski definition) is 2. The van der Waals surface area contributed by atoms with E-state index in [0.717, 1.165) is 11.7 Å². The van der Waals surface area contributed by atoms with E-state index in [2.05, 4.69) is 15.6 Å². The molecule has 2 unspecified atom stereocenters. The highest BCUT2D eigenvalue weighted by atomic mass is 16.3. The standard InChI is InChI=1S/C12H17N3O/c1-8-5-6-16-11(8)7-13-12-14-9-3-2-4-10(9)15-12/h5-6,9-10H,2-4,7H2,1H3,(H2,13,14,15). The molecule has 1 saturated heterocycles. The van der Waals surface area contributed by atoms with Crippen molar-refractivity contribution in [3.05, 3.63) is 23.7 Å². The molecule has 4 nitrogen and oxygen atoms in total. The van der Waals surface area contributed by atoms with Crippen LogP contribution in [0.2, 0.25) is 0 Å². The van der Waals surface area contributed by atoms with E-state index in [1.165, 1.54) is 24.8 Å². The molecule has 0 amide bonds. The first-order valence-electron chi connectivity index (χ1n) is 5.93. The molecule has 86 valence electrons. The third-order valence-corrected chi connectivity index (χ3v) is 3.51. The molecule has 3 rings (SSSR count). The molecule has 1 saturated carbocycles. The van der Waals surface area contributed by atoms with Gasteiger partial charge in [-0.05, 0) is 37.8 Å². The van der Waals surface area contributed by atoms with E-state index in [1.807, 2.05) is 13.0 Å². The van der Waals surface area contributed by atoms with Crippen molar-refractivity contribution in [3.63, 3.8) is 0 Å². The minimum Gasteiger partial charge on any atom is -0.467 e. The number of fused-ring (bicyclic) bond motifs is 1. The average molecular weight is 219 g/mol. The molecular formula is C12H17N3O. The molecule has 2 atom stereocenters. The highest BCUT2D eigenvalue weighted by molar-refractivity contribution is 5.83. The summed E-state index contributed by atoms with van der Waals surface area (Å²) in [5.41, 5.74) is 1.17. The van der Waals surface area contributed by atoms with E-state index in [-0.39, 0.29) is 0 Å². The smallest absolute Gasteiger partial charge is 0.192 e. The first-order chi connectivity index (χ1) is 7.83. The van der Waals surface area contributed by atoms with Crippen molar-refractivity contribution < 1.29 is 4.42 Å². The highest BCUT2D eigenvalue weighted by Crippen LogP contribution is 2.22. The first kappa shape index (κ1) is 9.75. The fourth-order valence-corrected chi connectivity index (χ4v) is 2.51. The number of rotatable bonds is 2. The number of guanidine groups is 1. The Hall–Kier alpha value is -1.45. The zero-order valence-electron chi connectivity index (χ0n) is 9.49. The maximum atomic E-state index is 5.36. The summed E-state index contributed by atoms with van der Waals surface area (Å²) in [6, 6.07) is 3.16. The lowest BCUT2D eigenvalue weighted by Crippen LogP contribution is -2.28. The Morgan fingerprint density at radius 1 is 1.38 bits per heavy atom. The zero-order chi connectivity index (χ0) is 11.0. The lowest BCUT2D eigenvalue weighted by atomic mass is 10.2. The van der Waals surface area contributed by atoms with Gasteiger partial charge in [-0.25, -0.2) is 4.99 Å². The molecule has 0 spiro atoms. The lowest BCUT2D eigenvalue weighted by Gasteiger charge is -2.04. The van der Waals surface area contributed by atoms with Crippen LogP contribution in [0.5, 0.6) is 0 Å². The van der Waals surface area contributed by atoms with Gasteiger partial charge < -0.3 is 15.1 Å². The van der Waals surface area contributed by atoms with Crippen LogP contribution in [0.4, 0.5) is 0 Å². The summed E-state index contributed by atoms with van der Waals surface area (Å²) in [4.78, 5) is 4.51. The molecule has 1 aromatic heterocycles. The van der Waals surface area contributed by atoms with Gasteiger partial charge in [0.15, 0.2) is 5.96 Å². The van der Waals surface area contributed by atoms with Gasteiger partial charge in [-0.15, -0.1) is 0 Å². The maximum absolute atomic E-state index is 5.36. The third-order valence-electron chi connectivity index (χ3n) is 3.51. The SMILES string of the molecule is Cc1ccoc1CN=C1NC2CCCC2N1. The number of furan rings is 1. The van der Waals surface area contributed by atoms with Crippen LogP contribution in [0.1, 0.15) is 30.6 Å². The van der Waals surface area contributed by atoms with Crippen LogP contribution in [-0.2, 0) is 6.54 Å². The van der Waals surface area contributed by atoms with Crippen molar-refractivity contribution >= 4 is 5.96 Å². The predicted octanol–water partition coefficient (Wildman–Crippen LogP) is 1.56. The largest absolute Gasteiger partial charge is 0.467 e. The van der Waals surface area contributed by atoms with E-state index in [1.54, 1.807) is 6.26 Å². The molecule has 0 bridgehead atoms. The Bertz CT molecular complexity index is 396. The zero-order valence-corrected chi connectivity index (χ0v) is 9.49. The number of hydrogen-bond acceptors (Lipinski definition) is 2. The fraction of sp³-hybridized carbons (Fsp3) is 0.583. The van der Waals surface area contributed by atoms with Gasteiger partial charge in [0.25, 0.3) is 0 Å². The Morgan fingerprint density at radius 3 is 2.75 bits per heavy atom. The molecule has 2 fully saturated rings. The van der Waals surface area contributed by atoms with Gasteiger partial charge in [0.2, 0.25) is 0 Å². The van der Waals surface area contributed by atoms with Crippen LogP contribution < -0.4 is 10.6 Å². The first-order valence-corrected chi connectivity index (χ1v) is 5.93. The normalized spacial score (nSPS) is 27.4. The number of nitrogens with one attached hydrogen (secondary N) is 2. The Morgan fingerprint density at radius 2 is 2.12 bits per heavy atom. The quantitative estimate of drug-likeness (QED) is 0.793. The van der Waals surface area contributed by atoms with E-state index < -0.39 is 0 Å². The summed E-state index contributed by atoms with van der Waals surface area (Å²) >= 11 is 0. The second-order valence-corrected chi connectivity index (χ2v) is 4.62. The number of aliphatic imine (C=N–C) groups is 1. The molecule has 4 heteroatoms. The van der Waals surface area contributed by atoms with Gasteiger partial charge in [0.05, 0.1) is 6.26 Å². The number of nitrogens with zero attached hydrogens (tertiary/aromatic N) is 1. The summed E-state index contributed by atoms with van der Waals surface area (Å²) in [6.45, 7) is 2.66. The Labute approximate surface area is 95.1 Å². The van der Waals surface area contributed by atoms with E-state index >= 15 is 0 Å². The maximum Gasteiger partial charge on any atom is 0.192 e. The van der Waals surface area contributed by atoms with Gasteiger partial charge in [0, 0.05) is 12.1 Å². The van der Waals surface area contributed by atoms with Crippen molar-refractivity contribution in [3.8, 4) is 0 Å². The molecule has 0 radical (unpaired) electrons. The summed E-state index contributed by atoms with van der Waals surface area (Å²) in [5, 5.41) is 6.86. The molecule has 2 heterocycles. The van der Waals surface area contributed by atoms with E-state index in [4.69, 9.17) is 4.42 Å². The van der Waals surface area contributed by atoms with Crippen LogP contribution >= 0.6 is 0 Å². The van der Waals surface area contributed by atoms with Crippen LogP contribution in [0.15, 0.2) is 21.7 Å². The molecule has 1 aliphatic carbocycles. The topological polar surface area (TPSA) is 49.6 Å². The van der Waals surface area contributed by atoms with E-state index in [0.29, 0.717) is 18.6 Å². The summed E-state index contributed by atoms with van der Waals surface area (Å²) in [7, 11) is 0. The fourth-order valence-electron chi connectivity index (χ4n) is 2.51. The Kier molecular flexibility index (Phi) is 2.35. The predicted molar refractivity (Wildman–Crippen MR) is 62.3 cm³/mol. The van der Waals surface area contributed by atoms with Crippen molar-refractivity contribution in [1.82, 2.24) is 10.6 Å². The van der Waals surface area contributed by atoms with Crippen LogP contribution in [0.25, 0.3) is 0 Å². The van der Waals surface area contributed by atoms with Gasteiger partial charge in [0.1, 0.15) is 12.3 Å². The molecule has 0 aromatic carbocycles. The van der Waals surface area contributed by atoms with Gasteiger partial charge in [-0.3, -0.25) is 0 Å². The summed E-state index contributed by atoms with van der Waals surface area (Å²) in [5.74, 6) is 1.89. The Balaban J connectivity index is 1.64. The van der Waals surface area contributed by atoms with Gasteiger partial charge >= 0.3 is 0 Å². The molecular weight excluding hydrogens is 202 g/mol. The lowest BCUT2D eigenvalue weighted by molar-refractivity contribution is 0.509. The highest BCUT2D eigenvalue weighted by Gasteiger charge is 2.33. The summed E-state index contributed by atoms with van der Waals surface area (Å²) in [6.07, 6.45) is 5.56. The van der Waals surface area contributed by atoms with Crippen molar-refractivity contribution in [2.24, 2.45) is 4.99 Å². The second-order valence-electron chi connectivity index (χ2n) is 4.62. The van der Waals surface area contributed by atoms with Crippen LogP contribution in [0.3, 0.4) is 0 Å². The van der Waals surface area contributed by atoms with Crippen molar-refractivity contribution in [2.45, 2.75) is 44.8 Å². The third kappa shape index (κ3) is 1.68. The molecule has 1 aromatic rings. The van der Waals surface area contributed by atoms with Crippen molar-refractivity contribution in [1.29, 1.82) is 0 Å². The van der Waals surface area contributed by atoms with Crippen molar-refractivity contribution in [2.75, 3.05) is 0 Å². The molecule has 16 heavy (non-hydrogen) atoms. The van der Waals surface area contributed by atoms with E-state index in [9.17, 15) is 0 Å². The molecule has 1 aliphatic heterocycles. The average Bonchev–Trinajstić information content (AvgIpc) is 2.89. The van der Waals surface area contributed by atoms with Gasteiger partial charge in [-0.2, -0.15) is 0 Å². The number of aryl methyl sites for hydroxylation is 1. The second kappa shape index (κ2) is 3.85. The monoisotopic (exact) mass is 219 g/mol. The summed E-state index contributed by atoms with van der Waals surface area (Å²) < 4.78 is 5.36. The van der Waals surface area contributed by atoms with Crippen LogP contribution in [-0.4, -0.2) is 18.0 Å². The molecule has 2 N–H and O–H groups in total. The minimum atomic E-state index is 0.594. The van der Waals surface area contributed by atoms with Gasteiger partial charge in [-0.1, -0.05) is 0 Å². The van der Waals surface area contributed by atoms with Crippen LogP contribution in [0, 0.1) is 6.92 Å². The molecule has 2 aliphatic rings.